The van der Waals surface area contributed by atoms with Gasteiger partial charge < -0.3 is 15.8 Å². The third-order valence-corrected chi connectivity index (χ3v) is 0.963. The van der Waals surface area contributed by atoms with Crippen molar-refractivity contribution in [1.29, 1.82) is 0 Å². The van der Waals surface area contributed by atoms with Gasteiger partial charge in [0.15, 0.2) is 5.11 Å². The molecule has 0 bridgehead atoms. The van der Waals surface area contributed by atoms with Crippen molar-refractivity contribution >= 4 is 17.3 Å². The van der Waals surface area contributed by atoms with Crippen molar-refractivity contribution in [2.45, 2.75) is 13.8 Å². The molecule has 0 atom stereocenters. The lowest BCUT2D eigenvalue weighted by Gasteiger charge is -2.03. The molecule has 0 spiro atoms. The van der Waals surface area contributed by atoms with Crippen LogP contribution >= 0.6 is 12.2 Å². The molecule has 0 aromatic rings. The van der Waals surface area contributed by atoms with E-state index in [0.29, 0.717) is 0 Å². The van der Waals surface area contributed by atoms with Crippen molar-refractivity contribution in [3.8, 4) is 0 Å². The molecule has 7 heteroatoms. The fourth-order valence-corrected chi connectivity index (χ4v) is 0.672. The molecule has 0 amide bonds. The van der Waals surface area contributed by atoms with E-state index in [9.17, 15) is 0 Å². The topological polar surface area (TPSA) is 87.4 Å². The van der Waals surface area contributed by atoms with Gasteiger partial charge in [0.2, 0.25) is 0 Å². The standard InChI is InChI=1S/C5H12N2S.HNO3/c1-3-6-5(8)7-4-2;2-1(3)4/h3-4H2,1-2H3,(H2,6,7,8);(H,2,3,4). The van der Waals surface area contributed by atoms with Gasteiger partial charge in [0.1, 0.15) is 0 Å². The van der Waals surface area contributed by atoms with Gasteiger partial charge in [0.25, 0.3) is 5.09 Å². The first-order valence-electron chi connectivity index (χ1n) is 3.39. The Kier molecular flexibility index (Phi) is 11.1. The monoisotopic (exact) mass is 195 g/mol. The third-order valence-electron chi connectivity index (χ3n) is 0.675. The SMILES string of the molecule is CCNC(=S)NCC.O=[N+]([O-])O. The second kappa shape index (κ2) is 9.89. The van der Waals surface area contributed by atoms with Gasteiger partial charge >= 0.3 is 0 Å². The zero-order valence-corrected chi connectivity index (χ0v) is 7.85. The Morgan fingerprint density at radius 1 is 1.50 bits per heavy atom. The fourth-order valence-electron chi connectivity index (χ4n) is 0.384. The molecule has 0 aromatic carbocycles. The van der Waals surface area contributed by atoms with Crippen LogP contribution in [0.1, 0.15) is 13.8 Å². The zero-order chi connectivity index (χ0) is 9.98. The van der Waals surface area contributed by atoms with Crippen LogP contribution in [0.5, 0.6) is 0 Å². The summed E-state index contributed by atoms with van der Waals surface area (Å²) in [6.45, 7) is 5.82. The Balaban J connectivity index is 0. The summed E-state index contributed by atoms with van der Waals surface area (Å²) in [6, 6.07) is 0. The van der Waals surface area contributed by atoms with Gasteiger partial charge in [0, 0.05) is 13.1 Å². The van der Waals surface area contributed by atoms with Gasteiger partial charge in [-0.2, -0.15) is 0 Å². The number of nitrogens with one attached hydrogen (secondary N) is 2. The second-order valence-electron chi connectivity index (χ2n) is 1.63. The molecule has 0 aliphatic heterocycles. The molecule has 0 heterocycles. The zero-order valence-electron chi connectivity index (χ0n) is 7.03. The highest BCUT2D eigenvalue weighted by atomic mass is 32.1. The number of hydrogen-bond acceptors (Lipinski definition) is 3. The van der Waals surface area contributed by atoms with Crippen LogP contribution in [0.15, 0.2) is 0 Å². The molecule has 0 unspecified atom stereocenters. The molecule has 6 nitrogen and oxygen atoms in total. The van der Waals surface area contributed by atoms with Crippen LogP contribution in [0.4, 0.5) is 0 Å². The molecular formula is C5H13N3O3S. The van der Waals surface area contributed by atoms with E-state index in [-0.39, 0.29) is 0 Å². The van der Waals surface area contributed by atoms with Crippen LogP contribution in [0.2, 0.25) is 0 Å². The molecule has 0 saturated heterocycles. The first-order valence-corrected chi connectivity index (χ1v) is 3.80. The Hall–Kier alpha value is -1.11. The number of nitrogens with zero attached hydrogens (tertiary/aromatic N) is 1. The molecule has 3 N–H and O–H groups in total. The van der Waals surface area contributed by atoms with E-state index in [1.807, 2.05) is 13.8 Å². The first kappa shape index (κ1) is 13.5. The average molecular weight is 195 g/mol. The summed E-state index contributed by atoms with van der Waals surface area (Å²) < 4.78 is 0. The van der Waals surface area contributed by atoms with Crippen molar-refractivity contribution in [2.24, 2.45) is 0 Å². The van der Waals surface area contributed by atoms with Crippen LogP contribution in [0.3, 0.4) is 0 Å². The van der Waals surface area contributed by atoms with Gasteiger partial charge in [0.05, 0.1) is 0 Å². The predicted octanol–water partition coefficient (Wildman–Crippen LogP) is 0.143. The van der Waals surface area contributed by atoms with Crippen molar-refractivity contribution in [3.63, 3.8) is 0 Å². The summed E-state index contributed by atoms with van der Waals surface area (Å²) in [6.07, 6.45) is 0. The maximum atomic E-state index is 8.36. The normalized spacial score (nSPS) is 7.50. The lowest BCUT2D eigenvalue weighted by Crippen LogP contribution is -2.34. The maximum absolute atomic E-state index is 8.36. The van der Waals surface area contributed by atoms with E-state index in [1.165, 1.54) is 0 Å². The Morgan fingerprint density at radius 2 is 1.75 bits per heavy atom. The minimum atomic E-state index is -1.50. The van der Waals surface area contributed by atoms with Gasteiger partial charge in [-0.3, -0.25) is 0 Å². The second-order valence-corrected chi connectivity index (χ2v) is 2.04. The molecule has 72 valence electrons. The molecule has 12 heavy (non-hydrogen) atoms. The highest BCUT2D eigenvalue weighted by Crippen LogP contribution is 1.62. The number of thiocarbonyl (C=S) groups is 1. The minimum absolute atomic E-state index is 0.745. The van der Waals surface area contributed by atoms with E-state index < -0.39 is 5.09 Å². The van der Waals surface area contributed by atoms with Gasteiger partial charge in [-0.05, 0) is 26.1 Å². The predicted molar refractivity (Wildman–Crippen MR) is 48.7 cm³/mol. The molecular weight excluding hydrogens is 182 g/mol. The van der Waals surface area contributed by atoms with Gasteiger partial charge in [-0.1, -0.05) is 0 Å². The van der Waals surface area contributed by atoms with E-state index >= 15 is 0 Å². The summed E-state index contributed by atoms with van der Waals surface area (Å²) in [7, 11) is 0. The van der Waals surface area contributed by atoms with E-state index in [0.717, 1.165) is 18.2 Å². The smallest absolute Gasteiger partial charge is 0.291 e. The summed E-state index contributed by atoms with van der Waals surface area (Å²) >= 11 is 4.83. The lowest BCUT2D eigenvalue weighted by molar-refractivity contribution is -0.742. The molecule has 0 aliphatic rings. The number of hydrogen-bond donors (Lipinski definition) is 3. The first-order chi connectivity index (χ1) is 5.54. The van der Waals surface area contributed by atoms with Gasteiger partial charge in [-0.15, -0.1) is 10.1 Å². The van der Waals surface area contributed by atoms with E-state index in [4.69, 9.17) is 27.5 Å². The number of rotatable bonds is 2. The Morgan fingerprint density at radius 3 is 1.92 bits per heavy atom. The molecule has 0 aliphatic carbocycles. The lowest BCUT2D eigenvalue weighted by atomic mass is 10.7. The fraction of sp³-hybridized carbons (Fsp3) is 0.800. The van der Waals surface area contributed by atoms with Crippen molar-refractivity contribution in [3.05, 3.63) is 10.1 Å². The van der Waals surface area contributed by atoms with Crippen molar-refractivity contribution in [2.75, 3.05) is 13.1 Å². The summed E-state index contributed by atoms with van der Waals surface area (Å²) in [5, 5.41) is 20.3. The summed E-state index contributed by atoms with van der Waals surface area (Å²) in [5.74, 6) is 0. The molecule has 0 radical (unpaired) electrons. The molecule has 0 aromatic heterocycles. The minimum Gasteiger partial charge on any atom is -0.363 e. The average Bonchev–Trinajstić information content (AvgIpc) is 1.87. The van der Waals surface area contributed by atoms with E-state index in [2.05, 4.69) is 10.6 Å². The third kappa shape index (κ3) is 23.1. The van der Waals surface area contributed by atoms with Gasteiger partial charge in [-0.25, -0.2) is 0 Å². The quantitative estimate of drug-likeness (QED) is 0.330. The van der Waals surface area contributed by atoms with Crippen molar-refractivity contribution in [1.82, 2.24) is 10.6 Å². The highest BCUT2D eigenvalue weighted by Gasteiger charge is 1.84. The summed E-state index contributed by atoms with van der Waals surface area (Å²) in [5.41, 5.74) is 0. The van der Waals surface area contributed by atoms with Crippen molar-refractivity contribution < 1.29 is 10.3 Å². The maximum Gasteiger partial charge on any atom is 0.291 e. The van der Waals surface area contributed by atoms with Crippen LogP contribution in [-0.4, -0.2) is 28.5 Å². The largest absolute Gasteiger partial charge is 0.363 e. The Bertz CT molecular complexity index is 130. The summed E-state index contributed by atoms with van der Waals surface area (Å²) in [4.78, 5) is 8.36. The van der Waals surface area contributed by atoms with Crippen LogP contribution in [0.25, 0.3) is 0 Å². The molecule has 0 saturated carbocycles. The highest BCUT2D eigenvalue weighted by molar-refractivity contribution is 7.80. The van der Waals surface area contributed by atoms with Crippen LogP contribution < -0.4 is 10.6 Å². The van der Waals surface area contributed by atoms with Crippen LogP contribution in [-0.2, 0) is 0 Å². The molecule has 0 rings (SSSR count). The molecule has 0 fully saturated rings. The van der Waals surface area contributed by atoms with E-state index in [1.54, 1.807) is 0 Å². The van der Waals surface area contributed by atoms with Crippen LogP contribution in [0, 0.1) is 10.1 Å². The Labute approximate surface area is 76.1 Å².